The van der Waals surface area contributed by atoms with Crippen LogP contribution in [0.1, 0.15) is 18.9 Å². The van der Waals surface area contributed by atoms with Gasteiger partial charge in [-0.25, -0.2) is 8.42 Å². The number of sulfone groups is 1. The second-order valence-corrected chi connectivity index (χ2v) is 9.06. The van der Waals surface area contributed by atoms with Crippen molar-refractivity contribution in [1.29, 1.82) is 0 Å². The van der Waals surface area contributed by atoms with Crippen LogP contribution in [0.5, 0.6) is 0 Å². The summed E-state index contributed by atoms with van der Waals surface area (Å²) in [7, 11) is -3.13. The van der Waals surface area contributed by atoms with E-state index >= 15 is 0 Å². The third kappa shape index (κ3) is 4.83. The molecule has 1 saturated heterocycles. The van der Waals surface area contributed by atoms with Gasteiger partial charge in [0.05, 0.1) is 4.90 Å². The van der Waals surface area contributed by atoms with Crippen LogP contribution < -0.4 is 5.32 Å². The lowest BCUT2D eigenvalue weighted by atomic mass is 10.1. The third-order valence-corrected chi connectivity index (χ3v) is 6.02. The Morgan fingerprint density at radius 3 is 2.40 bits per heavy atom. The zero-order valence-electron chi connectivity index (χ0n) is 14.9. The minimum absolute atomic E-state index is 0.363. The minimum atomic E-state index is -3.13. The van der Waals surface area contributed by atoms with E-state index < -0.39 is 9.84 Å². The van der Waals surface area contributed by atoms with Gasteiger partial charge in [-0.15, -0.1) is 0 Å². The molecule has 2 unspecified atom stereocenters. The Bertz CT molecular complexity index is 788. The highest BCUT2D eigenvalue weighted by molar-refractivity contribution is 7.90. The molecule has 0 bridgehead atoms. The van der Waals surface area contributed by atoms with Gasteiger partial charge in [0, 0.05) is 37.6 Å². The Hall–Kier alpha value is -1.85. The Labute approximate surface area is 150 Å². The highest BCUT2D eigenvalue weighted by atomic mass is 32.2. The van der Waals surface area contributed by atoms with Gasteiger partial charge >= 0.3 is 0 Å². The fraction of sp³-hybridized carbons (Fsp3) is 0.400. The van der Waals surface area contributed by atoms with Gasteiger partial charge in [0.15, 0.2) is 9.84 Å². The van der Waals surface area contributed by atoms with Gasteiger partial charge in [0.2, 0.25) is 0 Å². The molecular weight excluding hydrogens is 332 g/mol. The van der Waals surface area contributed by atoms with Crippen LogP contribution in [-0.2, 0) is 16.4 Å². The maximum atomic E-state index is 11.5. The van der Waals surface area contributed by atoms with Crippen LogP contribution in [0.15, 0.2) is 59.5 Å². The maximum absolute atomic E-state index is 11.5. The van der Waals surface area contributed by atoms with Crippen LogP contribution >= 0.6 is 0 Å². The number of hydrogen-bond acceptors (Lipinski definition) is 4. The lowest BCUT2D eigenvalue weighted by Crippen LogP contribution is -2.27. The molecule has 0 saturated carbocycles. The van der Waals surface area contributed by atoms with Crippen LogP contribution in [0.4, 0.5) is 5.69 Å². The van der Waals surface area contributed by atoms with Gasteiger partial charge in [-0.2, -0.15) is 0 Å². The predicted octanol–water partition coefficient (Wildman–Crippen LogP) is 3.41. The summed E-state index contributed by atoms with van der Waals surface area (Å²) >= 11 is 0. The lowest BCUT2D eigenvalue weighted by molar-refractivity contribution is 0.256. The largest absolute Gasteiger partial charge is 0.385 e. The Balaban J connectivity index is 1.52. The van der Waals surface area contributed by atoms with Gasteiger partial charge < -0.3 is 5.32 Å². The summed E-state index contributed by atoms with van der Waals surface area (Å²) in [5, 5.41) is 3.45. The SMILES string of the molecule is CC1CC(CNc2ccc(S(C)(=O)=O)cc2)CN1Cc1ccccc1. The zero-order chi connectivity index (χ0) is 17.9. The molecular formula is C20H26N2O2S. The molecule has 0 aromatic heterocycles. The zero-order valence-corrected chi connectivity index (χ0v) is 15.7. The first kappa shape index (κ1) is 18.0. The first-order valence-corrected chi connectivity index (χ1v) is 10.6. The van der Waals surface area contributed by atoms with Crippen molar-refractivity contribution in [3.63, 3.8) is 0 Å². The summed E-state index contributed by atoms with van der Waals surface area (Å²) in [5.41, 5.74) is 2.33. The Morgan fingerprint density at radius 2 is 1.76 bits per heavy atom. The van der Waals surface area contributed by atoms with Crippen molar-refractivity contribution in [3.8, 4) is 0 Å². The molecule has 1 fully saturated rings. The van der Waals surface area contributed by atoms with Crippen LogP contribution in [0.3, 0.4) is 0 Å². The van der Waals surface area contributed by atoms with E-state index in [1.54, 1.807) is 12.1 Å². The summed E-state index contributed by atoms with van der Waals surface area (Å²) in [5.74, 6) is 0.605. The average Bonchev–Trinajstić information content (AvgIpc) is 2.93. The highest BCUT2D eigenvalue weighted by Crippen LogP contribution is 2.25. The molecule has 1 aliphatic rings. The van der Waals surface area contributed by atoms with E-state index in [2.05, 4.69) is 47.5 Å². The van der Waals surface area contributed by atoms with Gasteiger partial charge in [-0.05, 0) is 49.1 Å². The molecule has 5 heteroatoms. The molecule has 2 aromatic rings. The molecule has 1 N–H and O–H groups in total. The van der Waals surface area contributed by atoms with Crippen LogP contribution in [0, 0.1) is 5.92 Å². The fourth-order valence-electron chi connectivity index (χ4n) is 3.49. The molecule has 25 heavy (non-hydrogen) atoms. The van der Waals surface area contributed by atoms with Crippen molar-refractivity contribution < 1.29 is 8.42 Å². The van der Waals surface area contributed by atoms with Crippen molar-refractivity contribution in [2.45, 2.75) is 30.8 Å². The van der Waals surface area contributed by atoms with Gasteiger partial charge in [-0.1, -0.05) is 30.3 Å². The van der Waals surface area contributed by atoms with E-state index in [4.69, 9.17) is 0 Å². The first-order chi connectivity index (χ1) is 11.9. The van der Waals surface area contributed by atoms with Crippen molar-refractivity contribution in [3.05, 3.63) is 60.2 Å². The summed E-state index contributed by atoms with van der Waals surface area (Å²) in [6, 6.07) is 18.2. The van der Waals surface area contributed by atoms with E-state index in [0.717, 1.165) is 25.3 Å². The van der Waals surface area contributed by atoms with Gasteiger partial charge in [-0.3, -0.25) is 4.90 Å². The molecule has 0 radical (unpaired) electrons. The van der Waals surface area contributed by atoms with Crippen molar-refractivity contribution in [1.82, 2.24) is 4.90 Å². The molecule has 1 heterocycles. The Morgan fingerprint density at radius 1 is 1.08 bits per heavy atom. The van der Waals surface area contributed by atoms with Crippen LogP contribution in [-0.4, -0.2) is 38.7 Å². The quantitative estimate of drug-likeness (QED) is 0.860. The fourth-order valence-corrected chi connectivity index (χ4v) is 4.12. The number of rotatable bonds is 6. The molecule has 3 rings (SSSR count). The standard InChI is InChI=1S/C20H26N2O2S/c1-16-12-18(15-22(16)14-17-6-4-3-5-7-17)13-21-19-8-10-20(11-9-19)25(2,23)24/h3-11,16,18,21H,12-15H2,1-2H3. The maximum Gasteiger partial charge on any atom is 0.175 e. The molecule has 0 aliphatic carbocycles. The number of nitrogens with one attached hydrogen (secondary N) is 1. The normalized spacial score (nSPS) is 21.4. The number of likely N-dealkylation sites (tertiary alicyclic amines) is 1. The smallest absolute Gasteiger partial charge is 0.175 e. The van der Waals surface area contributed by atoms with E-state index in [9.17, 15) is 8.42 Å². The second kappa shape index (κ2) is 7.58. The average molecular weight is 359 g/mol. The van der Waals surface area contributed by atoms with E-state index in [1.165, 1.54) is 18.2 Å². The minimum Gasteiger partial charge on any atom is -0.385 e. The van der Waals surface area contributed by atoms with Gasteiger partial charge in [0.25, 0.3) is 0 Å². The summed E-state index contributed by atoms with van der Waals surface area (Å²) < 4.78 is 23.0. The molecule has 2 aromatic carbocycles. The highest BCUT2D eigenvalue weighted by Gasteiger charge is 2.28. The Kier molecular flexibility index (Phi) is 5.45. The summed E-state index contributed by atoms with van der Waals surface area (Å²) in [6.07, 6.45) is 2.41. The first-order valence-electron chi connectivity index (χ1n) is 8.74. The van der Waals surface area contributed by atoms with E-state index in [0.29, 0.717) is 16.9 Å². The van der Waals surface area contributed by atoms with E-state index in [1.807, 2.05) is 12.1 Å². The molecule has 4 nitrogen and oxygen atoms in total. The lowest BCUT2D eigenvalue weighted by Gasteiger charge is -2.21. The molecule has 0 amide bonds. The number of benzene rings is 2. The summed E-state index contributed by atoms with van der Waals surface area (Å²) in [6.45, 7) is 5.30. The second-order valence-electron chi connectivity index (χ2n) is 7.04. The van der Waals surface area contributed by atoms with Gasteiger partial charge in [0.1, 0.15) is 0 Å². The monoisotopic (exact) mass is 358 g/mol. The van der Waals surface area contributed by atoms with Crippen molar-refractivity contribution in [2.24, 2.45) is 5.92 Å². The number of hydrogen-bond donors (Lipinski definition) is 1. The van der Waals surface area contributed by atoms with Crippen LogP contribution in [0.2, 0.25) is 0 Å². The molecule has 1 aliphatic heterocycles. The molecule has 134 valence electrons. The molecule has 2 atom stereocenters. The van der Waals surface area contributed by atoms with E-state index in [-0.39, 0.29) is 0 Å². The predicted molar refractivity (Wildman–Crippen MR) is 102 cm³/mol. The number of nitrogens with zero attached hydrogens (tertiary/aromatic N) is 1. The third-order valence-electron chi connectivity index (χ3n) is 4.90. The molecule has 0 spiro atoms. The van der Waals surface area contributed by atoms with Crippen molar-refractivity contribution in [2.75, 3.05) is 24.7 Å². The van der Waals surface area contributed by atoms with Crippen LogP contribution in [0.25, 0.3) is 0 Å². The van der Waals surface area contributed by atoms with Crippen molar-refractivity contribution >= 4 is 15.5 Å². The topological polar surface area (TPSA) is 49.4 Å². The number of anilines is 1. The summed E-state index contributed by atoms with van der Waals surface area (Å²) in [4.78, 5) is 2.90.